The van der Waals surface area contributed by atoms with Gasteiger partial charge >= 0.3 is 0 Å². The van der Waals surface area contributed by atoms with Crippen LogP contribution in [-0.4, -0.2) is 17.7 Å². The number of allylic oxidation sites excluding steroid dienone is 2. The van der Waals surface area contributed by atoms with Gasteiger partial charge in [-0.05, 0) is 18.1 Å². The second-order valence-corrected chi connectivity index (χ2v) is 4.90. The summed E-state index contributed by atoms with van der Waals surface area (Å²) in [5.41, 5.74) is 2.38. The number of carbonyl (C=O) groups excluding carboxylic acids is 1. The van der Waals surface area contributed by atoms with Crippen molar-refractivity contribution in [1.82, 2.24) is 4.90 Å². The Hall–Kier alpha value is -1.09. The van der Waals surface area contributed by atoms with Gasteiger partial charge in [0.25, 0.3) is 0 Å². The van der Waals surface area contributed by atoms with Crippen LogP contribution in [-0.2, 0) is 11.3 Å². The molecule has 0 saturated carbocycles. The molecule has 0 atom stereocenters. The number of ketones is 1. The Morgan fingerprint density at radius 1 is 1.31 bits per heavy atom. The van der Waals surface area contributed by atoms with Crippen LogP contribution in [0.5, 0.6) is 0 Å². The maximum atomic E-state index is 11.2. The topological polar surface area (TPSA) is 20.3 Å². The highest BCUT2D eigenvalue weighted by atomic mass is 79.9. The summed E-state index contributed by atoms with van der Waals surface area (Å²) in [7, 11) is 2.03. The summed E-state index contributed by atoms with van der Waals surface area (Å²) in [6.45, 7) is 0.834. The van der Waals surface area contributed by atoms with Gasteiger partial charge in [0.15, 0.2) is 5.78 Å². The van der Waals surface area contributed by atoms with Crippen molar-refractivity contribution in [2.45, 2.75) is 19.4 Å². The molecule has 2 nitrogen and oxygen atoms in total. The first-order valence-corrected chi connectivity index (χ1v) is 6.14. The zero-order valence-corrected chi connectivity index (χ0v) is 10.8. The summed E-state index contributed by atoms with van der Waals surface area (Å²) in [4.78, 5) is 13.3. The third kappa shape index (κ3) is 2.53. The molecular formula is C13H14BrNO. The van der Waals surface area contributed by atoms with Crippen LogP contribution in [0.4, 0.5) is 0 Å². The molecule has 0 aliphatic heterocycles. The maximum Gasteiger partial charge on any atom is 0.157 e. The van der Waals surface area contributed by atoms with Gasteiger partial charge in [-0.1, -0.05) is 34.1 Å². The first-order chi connectivity index (χ1) is 7.66. The second-order valence-electron chi connectivity index (χ2n) is 4.05. The van der Waals surface area contributed by atoms with Crippen molar-refractivity contribution in [3.05, 3.63) is 46.1 Å². The number of nitrogens with zero attached hydrogens (tertiary/aromatic N) is 1. The average molecular weight is 280 g/mol. The molecule has 1 aromatic carbocycles. The Bertz CT molecular complexity index is 439. The molecular weight excluding hydrogens is 266 g/mol. The van der Waals surface area contributed by atoms with Gasteiger partial charge in [0.05, 0.1) is 0 Å². The monoisotopic (exact) mass is 279 g/mol. The Labute approximate surface area is 104 Å². The third-order valence-electron chi connectivity index (χ3n) is 2.81. The van der Waals surface area contributed by atoms with E-state index >= 15 is 0 Å². The average Bonchev–Trinajstić information content (AvgIpc) is 2.68. The zero-order valence-electron chi connectivity index (χ0n) is 9.24. The molecule has 2 rings (SSSR count). The van der Waals surface area contributed by atoms with Crippen molar-refractivity contribution in [2.75, 3.05) is 7.05 Å². The second kappa shape index (κ2) is 4.83. The van der Waals surface area contributed by atoms with Gasteiger partial charge in [-0.2, -0.15) is 0 Å². The number of carbonyl (C=O) groups is 1. The molecule has 1 aromatic rings. The number of hydrogen-bond donors (Lipinski definition) is 0. The van der Waals surface area contributed by atoms with Crippen LogP contribution in [0.2, 0.25) is 0 Å². The van der Waals surface area contributed by atoms with Crippen molar-refractivity contribution in [3.8, 4) is 0 Å². The van der Waals surface area contributed by atoms with E-state index < -0.39 is 0 Å². The van der Waals surface area contributed by atoms with Gasteiger partial charge in [0.2, 0.25) is 0 Å². The number of benzene rings is 1. The lowest BCUT2D eigenvalue weighted by Crippen LogP contribution is -2.16. The predicted molar refractivity (Wildman–Crippen MR) is 67.9 cm³/mol. The highest BCUT2D eigenvalue weighted by Crippen LogP contribution is 2.23. The highest BCUT2D eigenvalue weighted by Gasteiger charge is 2.15. The Morgan fingerprint density at radius 2 is 2.06 bits per heavy atom. The van der Waals surface area contributed by atoms with E-state index in [0.717, 1.165) is 23.1 Å². The number of halogens is 1. The van der Waals surface area contributed by atoms with E-state index in [0.29, 0.717) is 6.42 Å². The van der Waals surface area contributed by atoms with Crippen LogP contribution in [0.15, 0.2) is 40.5 Å². The predicted octanol–water partition coefficient (Wildman–Crippen LogP) is 3.13. The molecule has 3 heteroatoms. The number of rotatable bonds is 3. The van der Waals surface area contributed by atoms with Crippen molar-refractivity contribution in [2.24, 2.45) is 0 Å². The van der Waals surface area contributed by atoms with E-state index in [2.05, 4.69) is 26.9 Å². The van der Waals surface area contributed by atoms with E-state index in [1.165, 1.54) is 5.56 Å². The van der Waals surface area contributed by atoms with Gasteiger partial charge in [-0.15, -0.1) is 0 Å². The summed E-state index contributed by atoms with van der Waals surface area (Å²) < 4.78 is 1.12. The molecule has 0 bridgehead atoms. The fraction of sp³-hybridized carbons (Fsp3) is 0.308. The molecule has 1 aliphatic rings. The van der Waals surface area contributed by atoms with Gasteiger partial charge in [0.1, 0.15) is 0 Å². The van der Waals surface area contributed by atoms with Crippen LogP contribution in [0.3, 0.4) is 0 Å². The van der Waals surface area contributed by atoms with Crippen molar-refractivity contribution >= 4 is 21.7 Å². The highest BCUT2D eigenvalue weighted by molar-refractivity contribution is 9.10. The zero-order chi connectivity index (χ0) is 11.5. The largest absolute Gasteiger partial charge is 0.373 e. The number of hydrogen-bond acceptors (Lipinski definition) is 2. The summed E-state index contributed by atoms with van der Waals surface area (Å²) in [6, 6.07) is 8.17. The molecule has 1 aliphatic carbocycles. The van der Waals surface area contributed by atoms with Gasteiger partial charge < -0.3 is 4.90 Å². The van der Waals surface area contributed by atoms with Crippen LogP contribution < -0.4 is 0 Å². The SMILES string of the molecule is CN(Cc1ccccc1Br)C1=CC(=O)CC1. The van der Waals surface area contributed by atoms with Crippen LogP contribution in [0.1, 0.15) is 18.4 Å². The fourth-order valence-corrected chi connectivity index (χ4v) is 2.28. The standard InChI is InChI=1S/C13H14BrNO/c1-15(11-6-7-12(16)8-11)9-10-4-2-3-5-13(10)14/h2-5,8H,6-7,9H2,1H3. The lowest BCUT2D eigenvalue weighted by molar-refractivity contribution is -0.114. The molecule has 0 saturated heterocycles. The minimum Gasteiger partial charge on any atom is -0.373 e. The van der Waals surface area contributed by atoms with Crippen molar-refractivity contribution in [1.29, 1.82) is 0 Å². The maximum absolute atomic E-state index is 11.2. The van der Waals surface area contributed by atoms with E-state index in [1.807, 2.05) is 25.2 Å². The summed E-state index contributed by atoms with van der Waals surface area (Å²) in [6.07, 6.45) is 3.30. The van der Waals surface area contributed by atoms with Gasteiger partial charge in [-0.3, -0.25) is 4.79 Å². The molecule has 84 valence electrons. The van der Waals surface area contributed by atoms with Gasteiger partial charge in [-0.25, -0.2) is 0 Å². The van der Waals surface area contributed by atoms with Crippen LogP contribution in [0.25, 0.3) is 0 Å². The molecule has 0 heterocycles. The first-order valence-electron chi connectivity index (χ1n) is 5.35. The molecule has 0 N–H and O–H groups in total. The smallest absolute Gasteiger partial charge is 0.157 e. The molecule has 0 aromatic heterocycles. The quantitative estimate of drug-likeness (QED) is 0.847. The van der Waals surface area contributed by atoms with Crippen molar-refractivity contribution < 1.29 is 4.79 Å². The summed E-state index contributed by atoms with van der Waals surface area (Å²) >= 11 is 3.53. The molecule has 16 heavy (non-hydrogen) atoms. The molecule has 0 unspecified atom stereocenters. The first kappa shape index (κ1) is 11.4. The van der Waals surface area contributed by atoms with Crippen LogP contribution >= 0.6 is 15.9 Å². The van der Waals surface area contributed by atoms with Gasteiger partial charge in [0, 0.05) is 36.3 Å². The van der Waals surface area contributed by atoms with E-state index in [-0.39, 0.29) is 5.78 Å². The molecule has 0 amide bonds. The molecule has 0 radical (unpaired) electrons. The summed E-state index contributed by atoms with van der Waals surface area (Å²) in [5, 5.41) is 0. The molecule has 0 fully saturated rings. The minimum atomic E-state index is 0.244. The van der Waals surface area contributed by atoms with E-state index in [4.69, 9.17) is 0 Å². The lowest BCUT2D eigenvalue weighted by Gasteiger charge is -2.20. The van der Waals surface area contributed by atoms with Crippen molar-refractivity contribution in [3.63, 3.8) is 0 Å². The van der Waals surface area contributed by atoms with Crippen LogP contribution in [0, 0.1) is 0 Å². The third-order valence-corrected chi connectivity index (χ3v) is 3.58. The summed E-state index contributed by atoms with van der Waals surface area (Å²) in [5.74, 6) is 0.244. The van der Waals surface area contributed by atoms with E-state index in [1.54, 1.807) is 6.08 Å². The normalized spacial score (nSPS) is 15.1. The van der Waals surface area contributed by atoms with E-state index in [9.17, 15) is 4.79 Å². The Balaban J connectivity index is 2.08. The Kier molecular flexibility index (Phi) is 3.44. The minimum absolute atomic E-state index is 0.244. The Morgan fingerprint density at radius 3 is 2.69 bits per heavy atom. The lowest BCUT2D eigenvalue weighted by atomic mass is 10.2. The fourth-order valence-electron chi connectivity index (χ4n) is 1.87. The molecule has 0 spiro atoms.